The number of esters is 1. The van der Waals surface area contributed by atoms with Crippen molar-refractivity contribution in [2.45, 2.75) is 54.1 Å². The number of ether oxygens (including phenoxy) is 1. The van der Waals surface area contributed by atoms with Crippen LogP contribution >= 0.6 is 0 Å². The zero-order valence-corrected chi connectivity index (χ0v) is 18.5. The molecule has 0 saturated carbocycles. The highest BCUT2D eigenvalue weighted by molar-refractivity contribution is 6.02. The molecule has 0 aliphatic heterocycles. The van der Waals surface area contributed by atoms with Crippen molar-refractivity contribution >= 4 is 17.8 Å². The molecule has 2 aromatic rings. The van der Waals surface area contributed by atoms with Crippen molar-refractivity contribution in [3.8, 4) is 0 Å². The summed E-state index contributed by atoms with van der Waals surface area (Å²) >= 11 is 0. The summed E-state index contributed by atoms with van der Waals surface area (Å²) in [6.45, 7) is 11.6. The van der Waals surface area contributed by atoms with Crippen molar-refractivity contribution in [2.24, 2.45) is 0 Å². The highest BCUT2D eigenvalue weighted by Gasteiger charge is 2.18. The molecule has 0 bridgehead atoms. The van der Waals surface area contributed by atoms with E-state index in [4.69, 9.17) is 4.74 Å². The number of hydrogen-bond acceptors (Lipinski definition) is 4. The molecule has 0 spiro atoms. The second kappa shape index (κ2) is 10.1. The van der Waals surface area contributed by atoms with Crippen LogP contribution in [0.3, 0.4) is 0 Å². The molecule has 2 aromatic carbocycles. The predicted molar refractivity (Wildman–Crippen MR) is 117 cm³/mol. The lowest BCUT2D eigenvalue weighted by molar-refractivity contribution is 0.0474. The van der Waals surface area contributed by atoms with Gasteiger partial charge in [0, 0.05) is 18.2 Å². The van der Waals surface area contributed by atoms with Crippen LogP contribution in [0.25, 0.3) is 0 Å². The zero-order chi connectivity index (χ0) is 22.4. The maximum absolute atomic E-state index is 12.7. The third-order valence-electron chi connectivity index (χ3n) is 5.04. The Morgan fingerprint density at radius 3 is 2.03 bits per heavy atom. The molecule has 6 nitrogen and oxygen atoms in total. The Labute approximate surface area is 178 Å². The van der Waals surface area contributed by atoms with Crippen LogP contribution in [0.4, 0.5) is 4.79 Å². The number of benzene rings is 2. The van der Waals surface area contributed by atoms with Gasteiger partial charge in [0.2, 0.25) is 5.78 Å². The Morgan fingerprint density at radius 2 is 1.50 bits per heavy atom. The summed E-state index contributed by atoms with van der Waals surface area (Å²) in [7, 11) is 0. The summed E-state index contributed by atoms with van der Waals surface area (Å²) in [6.07, 6.45) is 0. The van der Waals surface area contributed by atoms with E-state index in [0.29, 0.717) is 17.7 Å². The molecule has 0 atom stereocenters. The van der Waals surface area contributed by atoms with Gasteiger partial charge in [0.1, 0.15) is 0 Å². The van der Waals surface area contributed by atoms with Crippen molar-refractivity contribution in [3.63, 3.8) is 0 Å². The van der Waals surface area contributed by atoms with Gasteiger partial charge in [0.25, 0.3) is 0 Å². The highest BCUT2D eigenvalue weighted by atomic mass is 16.5. The molecule has 0 aliphatic rings. The number of rotatable bonds is 7. The van der Waals surface area contributed by atoms with Crippen LogP contribution in [0.15, 0.2) is 30.3 Å². The van der Waals surface area contributed by atoms with Gasteiger partial charge in [-0.3, -0.25) is 4.79 Å². The molecule has 6 heteroatoms. The molecular formula is C24H30N2O4. The Balaban J connectivity index is 1.96. The number of hydrogen-bond donors (Lipinski definition) is 2. The number of carbonyl (C=O) groups is 3. The van der Waals surface area contributed by atoms with Crippen LogP contribution in [-0.2, 0) is 11.3 Å². The van der Waals surface area contributed by atoms with Gasteiger partial charge in [0.15, 0.2) is 6.61 Å². The Kier molecular flexibility index (Phi) is 7.75. The van der Waals surface area contributed by atoms with E-state index in [-0.39, 0.29) is 24.5 Å². The first-order valence-corrected chi connectivity index (χ1v) is 10.0. The lowest BCUT2D eigenvalue weighted by Crippen LogP contribution is -2.39. The fourth-order valence-corrected chi connectivity index (χ4v) is 3.18. The van der Waals surface area contributed by atoms with Crippen molar-refractivity contribution in [3.05, 3.63) is 69.3 Å². The second-order valence-electron chi connectivity index (χ2n) is 7.81. The van der Waals surface area contributed by atoms with Gasteiger partial charge in [-0.1, -0.05) is 18.2 Å². The van der Waals surface area contributed by atoms with Crippen molar-refractivity contribution < 1.29 is 19.1 Å². The van der Waals surface area contributed by atoms with Crippen molar-refractivity contribution in [1.82, 2.24) is 10.6 Å². The minimum Gasteiger partial charge on any atom is -0.454 e. The molecule has 0 heterocycles. The summed E-state index contributed by atoms with van der Waals surface area (Å²) in [5, 5.41) is 5.49. The largest absolute Gasteiger partial charge is 0.454 e. The van der Waals surface area contributed by atoms with E-state index in [1.165, 1.54) is 0 Å². The Bertz CT molecular complexity index is 920. The van der Waals surface area contributed by atoms with Gasteiger partial charge in [-0.2, -0.15) is 0 Å². The average molecular weight is 411 g/mol. The first-order chi connectivity index (χ1) is 14.1. The van der Waals surface area contributed by atoms with E-state index >= 15 is 0 Å². The number of ketones is 1. The molecule has 0 radical (unpaired) electrons. The normalized spacial score (nSPS) is 10.6. The van der Waals surface area contributed by atoms with Crippen LogP contribution in [0, 0.1) is 27.7 Å². The van der Waals surface area contributed by atoms with Crippen LogP contribution in [0.5, 0.6) is 0 Å². The molecule has 30 heavy (non-hydrogen) atoms. The lowest BCUT2D eigenvalue weighted by atomic mass is 9.92. The quantitative estimate of drug-likeness (QED) is 0.530. The van der Waals surface area contributed by atoms with E-state index in [1.807, 2.05) is 41.5 Å². The molecule has 2 amide bonds. The van der Waals surface area contributed by atoms with Gasteiger partial charge in [0.05, 0.1) is 5.56 Å². The fraction of sp³-hybridized carbons (Fsp3) is 0.375. The smallest absolute Gasteiger partial charge is 0.338 e. The van der Waals surface area contributed by atoms with E-state index < -0.39 is 5.97 Å². The number of nitrogens with one attached hydrogen (secondary N) is 2. The number of aryl methyl sites for hydroxylation is 2. The molecule has 160 valence electrons. The highest BCUT2D eigenvalue weighted by Crippen LogP contribution is 2.22. The number of Topliss-reactive ketones (excluding diaryl/α,β-unsaturated/α-hetero) is 1. The van der Waals surface area contributed by atoms with Crippen LogP contribution < -0.4 is 10.6 Å². The third-order valence-corrected chi connectivity index (χ3v) is 5.04. The summed E-state index contributed by atoms with van der Waals surface area (Å²) in [5.41, 5.74) is 5.74. The predicted octanol–water partition coefficient (Wildman–Crippen LogP) is 4.17. The summed E-state index contributed by atoms with van der Waals surface area (Å²) in [5.74, 6) is -0.762. The third kappa shape index (κ3) is 5.92. The first-order valence-electron chi connectivity index (χ1n) is 10.0. The minimum absolute atomic E-state index is 0.0566. The van der Waals surface area contributed by atoms with Gasteiger partial charge in [-0.25, -0.2) is 9.59 Å². The SMILES string of the molecule is Cc1cc(C)c(C)c(C(=O)COC(=O)c2ccc(CNC(=O)NC(C)C)cc2)c1C. The topological polar surface area (TPSA) is 84.5 Å². The summed E-state index contributed by atoms with van der Waals surface area (Å²) in [4.78, 5) is 36.6. The van der Waals surface area contributed by atoms with Gasteiger partial charge >= 0.3 is 12.0 Å². The molecular weight excluding hydrogens is 380 g/mol. The zero-order valence-electron chi connectivity index (χ0n) is 18.5. The summed E-state index contributed by atoms with van der Waals surface area (Å²) < 4.78 is 5.25. The van der Waals surface area contributed by atoms with Crippen molar-refractivity contribution in [1.29, 1.82) is 0 Å². The molecule has 2 rings (SSSR count). The maximum atomic E-state index is 12.7. The molecule has 0 aliphatic carbocycles. The molecule has 0 fully saturated rings. The number of amides is 2. The average Bonchev–Trinajstić information content (AvgIpc) is 2.69. The van der Waals surface area contributed by atoms with E-state index in [1.54, 1.807) is 24.3 Å². The minimum atomic E-state index is -0.555. The van der Waals surface area contributed by atoms with E-state index in [0.717, 1.165) is 27.8 Å². The number of urea groups is 1. The molecule has 2 N–H and O–H groups in total. The van der Waals surface area contributed by atoms with Crippen LogP contribution in [0.1, 0.15) is 62.4 Å². The first kappa shape index (κ1) is 23.1. The molecule has 0 unspecified atom stereocenters. The van der Waals surface area contributed by atoms with Crippen molar-refractivity contribution in [2.75, 3.05) is 6.61 Å². The Morgan fingerprint density at radius 1 is 0.933 bits per heavy atom. The van der Waals surface area contributed by atoms with Gasteiger partial charge < -0.3 is 15.4 Å². The number of carbonyl (C=O) groups excluding carboxylic acids is 3. The summed E-state index contributed by atoms with van der Waals surface area (Å²) in [6, 6.07) is 8.59. The lowest BCUT2D eigenvalue weighted by Gasteiger charge is -2.14. The van der Waals surface area contributed by atoms with E-state index in [2.05, 4.69) is 16.7 Å². The van der Waals surface area contributed by atoms with Gasteiger partial charge in [-0.05, 0) is 81.5 Å². The van der Waals surface area contributed by atoms with Gasteiger partial charge in [-0.15, -0.1) is 0 Å². The Hall–Kier alpha value is -3.15. The standard InChI is InChI=1S/C24H30N2O4/c1-14(2)26-24(29)25-12-19-7-9-20(10-8-19)23(28)30-13-21(27)22-17(5)15(3)11-16(4)18(22)6/h7-11,14H,12-13H2,1-6H3,(H2,25,26,29). The maximum Gasteiger partial charge on any atom is 0.338 e. The second-order valence-corrected chi connectivity index (χ2v) is 7.81. The monoisotopic (exact) mass is 410 g/mol. The van der Waals surface area contributed by atoms with E-state index in [9.17, 15) is 14.4 Å². The molecule has 0 saturated heterocycles. The fourth-order valence-electron chi connectivity index (χ4n) is 3.18. The van der Waals surface area contributed by atoms with Crippen LogP contribution in [0.2, 0.25) is 0 Å². The van der Waals surface area contributed by atoms with Crippen LogP contribution in [-0.4, -0.2) is 30.4 Å². The molecule has 0 aromatic heterocycles.